The fraction of sp³-hybridized carbons (Fsp3) is 0.522. The van der Waals surface area contributed by atoms with Crippen molar-refractivity contribution in [3.63, 3.8) is 0 Å². The first kappa shape index (κ1) is 25.4. The lowest BCUT2D eigenvalue weighted by atomic mass is 10.0. The number of methoxy groups -OCH3 is 1. The van der Waals surface area contributed by atoms with Crippen molar-refractivity contribution in [2.45, 2.75) is 52.2 Å². The molecule has 176 valence electrons. The maximum atomic E-state index is 13.1. The Morgan fingerprint density at radius 1 is 1.22 bits per heavy atom. The molecular formula is C23H35N5O4. The minimum absolute atomic E-state index is 0.299. The SMILES string of the molecule is CCOc1ccc(N(C(=O)NCCCCOC)c2ccnc(NC(C)C(C)(C)O)n2)cc1. The molecule has 0 spiro atoms. The molecule has 2 rings (SSSR count). The summed E-state index contributed by atoms with van der Waals surface area (Å²) < 4.78 is 10.6. The molecule has 0 saturated carbocycles. The van der Waals surface area contributed by atoms with Crippen molar-refractivity contribution in [2.75, 3.05) is 37.1 Å². The number of nitrogens with one attached hydrogen (secondary N) is 2. The monoisotopic (exact) mass is 445 g/mol. The van der Waals surface area contributed by atoms with E-state index < -0.39 is 5.60 Å². The number of carbonyl (C=O) groups excluding carboxylic acids is 1. The van der Waals surface area contributed by atoms with Crippen LogP contribution in [0.5, 0.6) is 5.75 Å². The van der Waals surface area contributed by atoms with Crippen LogP contribution in [0.25, 0.3) is 0 Å². The molecule has 9 nitrogen and oxygen atoms in total. The van der Waals surface area contributed by atoms with Crippen LogP contribution in [0.3, 0.4) is 0 Å². The van der Waals surface area contributed by atoms with Gasteiger partial charge in [0.2, 0.25) is 5.95 Å². The highest BCUT2D eigenvalue weighted by atomic mass is 16.5. The number of hydrogen-bond acceptors (Lipinski definition) is 7. The van der Waals surface area contributed by atoms with Crippen LogP contribution in [0, 0.1) is 0 Å². The number of aromatic nitrogens is 2. The molecule has 1 unspecified atom stereocenters. The summed E-state index contributed by atoms with van der Waals surface area (Å²) in [5.41, 5.74) is -0.323. The summed E-state index contributed by atoms with van der Waals surface area (Å²) >= 11 is 0. The van der Waals surface area contributed by atoms with Crippen molar-refractivity contribution >= 4 is 23.5 Å². The molecule has 32 heavy (non-hydrogen) atoms. The molecule has 1 heterocycles. The zero-order valence-electron chi connectivity index (χ0n) is 19.6. The smallest absolute Gasteiger partial charge is 0.327 e. The molecule has 1 aromatic heterocycles. The zero-order chi connectivity index (χ0) is 23.6. The first-order chi connectivity index (χ1) is 15.3. The highest BCUT2D eigenvalue weighted by Gasteiger charge is 2.24. The van der Waals surface area contributed by atoms with E-state index in [1.165, 1.54) is 4.90 Å². The number of nitrogens with zero attached hydrogens (tertiary/aromatic N) is 3. The van der Waals surface area contributed by atoms with Gasteiger partial charge in [0.25, 0.3) is 0 Å². The largest absolute Gasteiger partial charge is 0.494 e. The number of anilines is 3. The molecule has 0 aliphatic carbocycles. The summed E-state index contributed by atoms with van der Waals surface area (Å²) in [6.45, 7) is 8.90. The molecule has 0 radical (unpaired) electrons. The lowest BCUT2D eigenvalue weighted by molar-refractivity contribution is 0.0646. The number of urea groups is 1. The van der Waals surface area contributed by atoms with Crippen molar-refractivity contribution in [3.05, 3.63) is 36.5 Å². The van der Waals surface area contributed by atoms with Crippen LogP contribution >= 0.6 is 0 Å². The Labute approximate surface area is 190 Å². The Morgan fingerprint density at radius 2 is 1.94 bits per heavy atom. The molecular weight excluding hydrogens is 410 g/mol. The number of ether oxygens (including phenoxy) is 2. The van der Waals surface area contributed by atoms with E-state index in [1.54, 1.807) is 33.2 Å². The Hall–Kier alpha value is -2.91. The van der Waals surface area contributed by atoms with Crippen LogP contribution in [0.1, 0.15) is 40.5 Å². The summed E-state index contributed by atoms with van der Waals surface area (Å²) in [4.78, 5) is 23.4. The van der Waals surface area contributed by atoms with Gasteiger partial charge in [0, 0.05) is 32.5 Å². The molecule has 1 aromatic carbocycles. The lowest BCUT2D eigenvalue weighted by Crippen LogP contribution is -2.40. The molecule has 3 N–H and O–H groups in total. The average molecular weight is 446 g/mol. The average Bonchev–Trinajstić information content (AvgIpc) is 2.75. The van der Waals surface area contributed by atoms with E-state index in [2.05, 4.69) is 20.6 Å². The Bertz CT molecular complexity index is 839. The highest BCUT2D eigenvalue weighted by Crippen LogP contribution is 2.27. The van der Waals surface area contributed by atoms with Gasteiger partial charge in [0.1, 0.15) is 11.6 Å². The van der Waals surface area contributed by atoms with Crippen LogP contribution < -0.4 is 20.3 Å². The first-order valence-corrected chi connectivity index (χ1v) is 10.9. The van der Waals surface area contributed by atoms with Gasteiger partial charge in [0.05, 0.1) is 23.9 Å². The van der Waals surface area contributed by atoms with E-state index in [-0.39, 0.29) is 12.1 Å². The second-order valence-corrected chi connectivity index (χ2v) is 7.95. The van der Waals surface area contributed by atoms with E-state index in [0.29, 0.717) is 37.2 Å². The summed E-state index contributed by atoms with van der Waals surface area (Å²) in [6, 6.07) is 8.32. The fourth-order valence-electron chi connectivity index (χ4n) is 2.77. The van der Waals surface area contributed by atoms with Gasteiger partial charge in [0.15, 0.2) is 0 Å². The molecule has 1 atom stereocenters. The maximum absolute atomic E-state index is 13.1. The Balaban J connectivity index is 2.27. The van der Waals surface area contributed by atoms with E-state index >= 15 is 0 Å². The van der Waals surface area contributed by atoms with Gasteiger partial charge in [-0.15, -0.1) is 0 Å². The van der Waals surface area contributed by atoms with Gasteiger partial charge >= 0.3 is 6.03 Å². The van der Waals surface area contributed by atoms with Gasteiger partial charge in [-0.25, -0.2) is 14.7 Å². The molecule has 0 saturated heterocycles. The van der Waals surface area contributed by atoms with Crippen molar-refractivity contribution in [1.82, 2.24) is 15.3 Å². The maximum Gasteiger partial charge on any atom is 0.327 e. The third-order valence-corrected chi connectivity index (χ3v) is 4.94. The van der Waals surface area contributed by atoms with Crippen molar-refractivity contribution in [2.24, 2.45) is 0 Å². The number of aliphatic hydroxyl groups is 1. The number of rotatable bonds is 12. The molecule has 0 aliphatic heterocycles. The summed E-state index contributed by atoms with van der Waals surface area (Å²) in [6.07, 6.45) is 3.24. The number of carbonyl (C=O) groups is 1. The van der Waals surface area contributed by atoms with Gasteiger partial charge in [-0.1, -0.05) is 0 Å². The molecule has 2 amide bonds. The van der Waals surface area contributed by atoms with E-state index in [1.807, 2.05) is 38.1 Å². The summed E-state index contributed by atoms with van der Waals surface area (Å²) in [5, 5.41) is 16.2. The standard InChI is InChI=1S/C23H35N5O4/c1-6-32-19-11-9-18(10-12-19)28(22(29)25-14-7-8-16-31-5)20-13-15-24-21(27-20)26-17(2)23(3,4)30/h9-13,15,17,30H,6-8,14,16H2,1-5H3,(H,25,29)(H,24,26,27). The van der Waals surface area contributed by atoms with Crippen LogP contribution in [-0.4, -0.2) is 59.6 Å². The molecule has 0 aliphatic rings. The van der Waals surface area contributed by atoms with Gasteiger partial charge in [-0.05, 0) is 64.8 Å². The minimum Gasteiger partial charge on any atom is -0.494 e. The van der Waals surface area contributed by atoms with Gasteiger partial charge in [-0.3, -0.25) is 0 Å². The molecule has 9 heteroatoms. The van der Waals surface area contributed by atoms with Crippen molar-refractivity contribution in [1.29, 1.82) is 0 Å². The molecule has 0 bridgehead atoms. The van der Waals surface area contributed by atoms with E-state index in [0.717, 1.165) is 18.6 Å². The summed E-state index contributed by atoms with van der Waals surface area (Å²) in [7, 11) is 1.66. The van der Waals surface area contributed by atoms with Crippen LogP contribution in [0.4, 0.5) is 22.2 Å². The normalized spacial score (nSPS) is 12.2. The van der Waals surface area contributed by atoms with Gasteiger partial charge in [-0.2, -0.15) is 4.98 Å². The predicted octanol–water partition coefficient (Wildman–Crippen LogP) is 3.72. The number of unbranched alkanes of at least 4 members (excludes halogenated alkanes) is 1. The Morgan fingerprint density at radius 3 is 2.56 bits per heavy atom. The minimum atomic E-state index is -0.965. The van der Waals surface area contributed by atoms with Crippen molar-refractivity contribution < 1.29 is 19.4 Å². The molecule has 2 aromatic rings. The van der Waals surface area contributed by atoms with Crippen LogP contribution in [0.15, 0.2) is 36.5 Å². The first-order valence-electron chi connectivity index (χ1n) is 10.9. The third-order valence-electron chi connectivity index (χ3n) is 4.94. The molecule has 0 fully saturated rings. The highest BCUT2D eigenvalue weighted by molar-refractivity contribution is 5.98. The second kappa shape index (κ2) is 12.2. The van der Waals surface area contributed by atoms with E-state index in [9.17, 15) is 9.90 Å². The summed E-state index contributed by atoms with van der Waals surface area (Å²) in [5.74, 6) is 1.45. The number of hydrogen-bond donors (Lipinski definition) is 3. The fourth-order valence-corrected chi connectivity index (χ4v) is 2.77. The third kappa shape index (κ3) is 7.65. The van der Waals surface area contributed by atoms with Crippen LogP contribution in [-0.2, 0) is 4.74 Å². The van der Waals surface area contributed by atoms with E-state index in [4.69, 9.17) is 9.47 Å². The topological polar surface area (TPSA) is 109 Å². The number of benzene rings is 1. The lowest BCUT2D eigenvalue weighted by Gasteiger charge is -2.27. The van der Waals surface area contributed by atoms with Crippen LogP contribution in [0.2, 0.25) is 0 Å². The van der Waals surface area contributed by atoms with Crippen molar-refractivity contribution in [3.8, 4) is 5.75 Å². The second-order valence-electron chi connectivity index (χ2n) is 7.95. The van der Waals surface area contributed by atoms with Gasteiger partial charge < -0.3 is 25.2 Å². The Kier molecular flexibility index (Phi) is 9.67. The predicted molar refractivity (Wildman–Crippen MR) is 126 cm³/mol. The zero-order valence-corrected chi connectivity index (χ0v) is 19.6. The number of amides is 2. The quantitative estimate of drug-likeness (QED) is 0.427.